The van der Waals surface area contributed by atoms with E-state index in [4.69, 9.17) is 9.52 Å². The number of halogens is 1. The molecule has 1 saturated carbocycles. The van der Waals surface area contributed by atoms with Crippen LogP contribution in [0.15, 0.2) is 34.7 Å². The van der Waals surface area contributed by atoms with Crippen LogP contribution in [0.2, 0.25) is 0 Å². The first-order valence-corrected chi connectivity index (χ1v) is 7.35. The average molecular weight is 289 g/mol. The van der Waals surface area contributed by atoms with Crippen molar-refractivity contribution in [2.45, 2.75) is 39.0 Å². The zero-order chi connectivity index (χ0) is 14.8. The van der Waals surface area contributed by atoms with Crippen LogP contribution in [0.1, 0.15) is 41.9 Å². The summed E-state index contributed by atoms with van der Waals surface area (Å²) in [5.41, 5.74) is 1.28. The van der Waals surface area contributed by atoms with Gasteiger partial charge in [0.05, 0.1) is 13.2 Å². The van der Waals surface area contributed by atoms with Crippen LogP contribution in [-0.2, 0) is 19.7 Å². The van der Waals surface area contributed by atoms with Crippen molar-refractivity contribution >= 4 is 0 Å². The van der Waals surface area contributed by atoms with Crippen molar-refractivity contribution in [2.75, 3.05) is 0 Å². The van der Waals surface area contributed by atoms with Gasteiger partial charge in [0.15, 0.2) is 0 Å². The molecular weight excluding hydrogens is 269 g/mol. The third kappa shape index (κ3) is 3.34. The zero-order valence-electron chi connectivity index (χ0n) is 12.1. The Morgan fingerprint density at radius 1 is 1.29 bits per heavy atom. The van der Waals surface area contributed by atoms with Gasteiger partial charge in [0.2, 0.25) is 0 Å². The van der Waals surface area contributed by atoms with Crippen LogP contribution in [-0.4, -0.2) is 5.11 Å². The first-order valence-electron chi connectivity index (χ1n) is 7.35. The van der Waals surface area contributed by atoms with Crippen LogP contribution in [0.25, 0.3) is 0 Å². The fraction of sp³-hybridized carbons (Fsp3) is 0.412. The third-order valence-corrected chi connectivity index (χ3v) is 4.07. The Morgan fingerprint density at radius 3 is 2.81 bits per heavy atom. The fourth-order valence-electron chi connectivity index (χ4n) is 2.60. The normalized spacial score (nSPS) is 20.7. The highest BCUT2D eigenvalue weighted by molar-refractivity contribution is 5.24. The maximum atomic E-state index is 13.3. The molecule has 21 heavy (non-hydrogen) atoms. The molecule has 1 heterocycles. The molecule has 2 aromatic rings. The molecular formula is C17H20FNO2. The van der Waals surface area contributed by atoms with E-state index in [-0.39, 0.29) is 12.4 Å². The van der Waals surface area contributed by atoms with Crippen molar-refractivity contribution < 1.29 is 13.9 Å². The van der Waals surface area contributed by atoms with E-state index in [9.17, 15) is 4.39 Å². The molecule has 2 N–H and O–H groups in total. The topological polar surface area (TPSA) is 45.4 Å². The summed E-state index contributed by atoms with van der Waals surface area (Å²) in [6.07, 6.45) is 1.22. The number of nitrogens with one attached hydrogen (secondary N) is 1. The van der Waals surface area contributed by atoms with Gasteiger partial charge in [0, 0.05) is 18.0 Å². The van der Waals surface area contributed by atoms with Gasteiger partial charge < -0.3 is 14.8 Å². The van der Waals surface area contributed by atoms with Gasteiger partial charge in [-0.3, -0.25) is 0 Å². The molecule has 0 saturated heterocycles. The lowest BCUT2D eigenvalue weighted by molar-refractivity contribution is 0.275. The Kier molecular flexibility index (Phi) is 4.08. The van der Waals surface area contributed by atoms with Crippen LogP contribution in [0.4, 0.5) is 4.39 Å². The standard InChI is InChI=1S/C17H20FNO2/c1-11-6-15(11)17-5-3-14(21-17)9-19-8-12-2-4-16(18)13(7-12)10-20/h2-5,7,11,15,19-20H,6,8-10H2,1H3. The minimum absolute atomic E-state index is 0.277. The monoisotopic (exact) mass is 289 g/mol. The number of aliphatic hydroxyl groups excluding tert-OH is 1. The van der Waals surface area contributed by atoms with E-state index in [2.05, 4.69) is 18.3 Å². The van der Waals surface area contributed by atoms with Gasteiger partial charge in [-0.2, -0.15) is 0 Å². The molecule has 1 aliphatic rings. The predicted molar refractivity (Wildman–Crippen MR) is 78.1 cm³/mol. The van der Waals surface area contributed by atoms with Crippen LogP contribution < -0.4 is 5.32 Å². The van der Waals surface area contributed by atoms with E-state index in [1.807, 2.05) is 6.07 Å². The number of aliphatic hydroxyl groups is 1. The fourth-order valence-corrected chi connectivity index (χ4v) is 2.60. The van der Waals surface area contributed by atoms with Gasteiger partial charge in [0.25, 0.3) is 0 Å². The highest BCUT2D eigenvalue weighted by Gasteiger charge is 2.36. The number of benzene rings is 1. The smallest absolute Gasteiger partial charge is 0.128 e. The van der Waals surface area contributed by atoms with Crippen molar-refractivity contribution in [3.05, 3.63) is 58.8 Å². The summed E-state index contributed by atoms with van der Waals surface area (Å²) in [5, 5.41) is 12.3. The largest absolute Gasteiger partial charge is 0.464 e. The van der Waals surface area contributed by atoms with Gasteiger partial charge in [-0.25, -0.2) is 4.39 Å². The molecule has 1 aliphatic carbocycles. The van der Waals surface area contributed by atoms with Crippen LogP contribution in [0, 0.1) is 11.7 Å². The SMILES string of the molecule is CC1CC1c1ccc(CNCc2ccc(F)c(CO)c2)o1. The van der Waals surface area contributed by atoms with Gasteiger partial charge in [-0.15, -0.1) is 0 Å². The second-order valence-electron chi connectivity index (χ2n) is 5.81. The Hall–Kier alpha value is -1.65. The van der Waals surface area contributed by atoms with E-state index >= 15 is 0 Å². The second-order valence-corrected chi connectivity index (χ2v) is 5.81. The molecule has 1 aromatic carbocycles. The third-order valence-electron chi connectivity index (χ3n) is 4.07. The molecule has 3 rings (SSSR count). The lowest BCUT2D eigenvalue weighted by atomic mass is 10.1. The summed E-state index contributed by atoms with van der Waals surface area (Å²) in [6, 6.07) is 8.87. The van der Waals surface area contributed by atoms with E-state index in [0.717, 1.165) is 23.0 Å². The molecule has 0 amide bonds. The van der Waals surface area contributed by atoms with Crippen molar-refractivity contribution in [3.63, 3.8) is 0 Å². The molecule has 4 heteroatoms. The summed E-state index contributed by atoms with van der Waals surface area (Å²) in [7, 11) is 0. The van der Waals surface area contributed by atoms with Gasteiger partial charge in [0.1, 0.15) is 17.3 Å². The van der Waals surface area contributed by atoms with Crippen LogP contribution >= 0.6 is 0 Å². The molecule has 2 atom stereocenters. The predicted octanol–water partition coefficient (Wildman–Crippen LogP) is 3.32. The molecule has 0 spiro atoms. The van der Waals surface area contributed by atoms with E-state index in [1.165, 1.54) is 12.5 Å². The summed E-state index contributed by atoms with van der Waals surface area (Å²) >= 11 is 0. The maximum Gasteiger partial charge on any atom is 0.128 e. The zero-order valence-corrected chi connectivity index (χ0v) is 12.1. The quantitative estimate of drug-likeness (QED) is 0.857. The molecule has 1 fully saturated rings. The molecule has 1 aromatic heterocycles. The average Bonchev–Trinajstić information content (AvgIpc) is 3.03. The van der Waals surface area contributed by atoms with Crippen molar-refractivity contribution in [1.82, 2.24) is 5.32 Å². The van der Waals surface area contributed by atoms with Crippen molar-refractivity contribution in [2.24, 2.45) is 5.92 Å². The molecule has 112 valence electrons. The Balaban J connectivity index is 1.52. The number of rotatable bonds is 6. The van der Waals surface area contributed by atoms with Gasteiger partial charge >= 0.3 is 0 Å². The Labute approximate surface area is 123 Å². The lowest BCUT2D eigenvalue weighted by Gasteiger charge is -2.06. The highest BCUT2D eigenvalue weighted by atomic mass is 19.1. The van der Waals surface area contributed by atoms with E-state index in [0.29, 0.717) is 24.6 Å². The molecule has 0 radical (unpaired) electrons. The molecule has 0 aliphatic heterocycles. The summed E-state index contributed by atoms with van der Waals surface area (Å²) < 4.78 is 19.1. The minimum Gasteiger partial charge on any atom is -0.464 e. The summed E-state index contributed by atoms with van der Waals surface area (Å²) in [5.74, 6) is 2.99. The lowest BCUT2D eigenvalue weighted by Crippen LogP contribution is -2.12. The first-order chi connectivity index (χ1) is 10.2. The van der Waals surface area contributed by atoms with Crippen molar-refractivity contribution in [1.29, 1.82) is 0 Å². The van der Waals surface area contributed by atoms with Gasteiger partial charge in [-0.05, 0) is 42.2 Å². The maximum absolute atomic E-state index is 13.3. The molecule has 2 unspecified atom stereocenters. The summed E-state index contributed by atoms with van der Waals surface area (Å²) in [4.78, 5) is 0. The Bertz CT molecular complexity index is 623. The summed E-state index contributed by atoms with van der Waals surface area (Å²) in [6.45, 7) is 3.22. The minimum atomic E-state index is -0.365. The Morgan fingerprint density at radius 2 is 2.10 bits per heavy atom. The van der Waals surface area contributed by atoms with E-state index < -0.39 is 0 Å². The van der Waals surface area contributed by atoms with Crippen LogP contribution in [0.3, 0.4) is 0 Å². The molecule has 0 bridgehead atoms. The first kappa shape index (κ1) is 14.3. The molecule has 3 nitrogen and oxygen atoms in total. The number of hydrogen-bond donors (Lipinski definition) is 2. The number of hydrogen-bond acceptors (Lipinski definition) is 3. The van der Waals surface area contributed by atoms with Crippen molar-refractivity contribution in [3.8, 4) is 0 Å². The van der Waals surface area contributed by atoms with Crippen LogP contribution in [0.5, 0.6) is 0 Å². The van der Waals surface area contributed by atoms with Gasteiger partial charge in [-0.1, -0.05) is 13.0 Å². The highest BCUT2D eigenvalue weighted by Crippen LogP contribution is 2.47. The number of furan rings is 1. The second kappa shape index (κ2) is 6.00. The van der Waals surface area contributed by atoms with E-state index in [1.54, 1.807) is 12.1 Å².